The number of hydrogen-bond donors (Lipinski definition) is 2. The number of para-hydroxylation sites is 1. The molecule has 1 aromatic carbocycles. The topological polar surface area (TPSA) is 113 Å². The second-order valence-electron chi connectivity index (χ2n) is 10.8. The fourth-order valence-electron chi connectivity index (χ4n) is 4.45. The van der Waals surface area contributed by atoms with Gasteiger partial charge in [0.05, 0.1) is 5.56 Å². The summed E-state index contributed by atoms with van der Waals surface area (Å²) >= 11 is 1.27. The molecule has 10 nitrogen and oxygen atoms in total. The lowest BCUT2D eigenvalue weighted by molar-refractivity contribution is -0.274. The zero-order chi connectivity index (χ0) is 30.2. The summed E-state index contributed by atoms with van der Waals surface area (Å²) in [5.74, 6) is -0.906. The van der Waals surface area contributed by atoms with Crippen molar-refractivity contribution < 1.29 is 37.0 Å². The molecular weight excluding hydrogens is 563 g/mol. The highest BCUT2D eigenvalue weighted by Crippen LogP contribution is 2.31. The Morgan fingerprint density at radius 2 is 1.85 bits per heavy atom. The number of urea groups is 1. The molecule has 2 aliphatic rings. The third-order valence-corrected chi connectivity index (χ3v) is 7.41. The summed E-state index contributed by atoms with van der Waals surface area (Å²) in [5.41, 5.74) is -1.60. The van der Waals surface area contributed by atoms with E-state index in [0.717, 1.165) is 24.0 Å². The number of benzene rings is 1. The average molecular weight is 602 g/mol. The Bertz CT molecular complexity index is 1110. The fourth-order valence-corrected chi connectivity index (χ4v) is 5.38. The molecule has 228 valence electrons. The number of thioether (sulfide) groups is 1. The van der Waals surface area contributed by atoms with Crippen molar-refractivity contribution in [1.82, 2.24) is 20.5 Å². The Morgan fingerprint density at radius 1 is 1.17 bits per heavy atom. The quantitative estimate of drug-likeness (QED) is 0.347. The summed E-state index contributed by atoms with van der Waals surface area (Å²) in [6, 6.07) is 4.26. The fraction of sp³-hybridized carbons (Fsp3) is 0.630. The van der Waals surface area contributed by atoms with Gasteiger partial charge in [-0.2, -0.15) is 5.01 Å². The van der Waals surface area contributed by atoms with Crippen molar-refractivity contribution in [2.45, 2.75) is 77.0 Å². The lowest BCUT2D eigenvalue weighted by Crippen LogP contribution is -2.64. The number of ether oxygens (including phenoxy) is 2. The van der Waals surface area contributed by atoms with Gasteiger partial charge in [-0.25, -0.2) is 4.79 Å². The Labute approximate surface area is 242 Å². The predicted molar refractivity (Wildman–Crippen MR) is 149 cm³/mol. The van der Waals surface area contributed by atoms with Crippen molar-refractivity contribution in [2.24, 2.45) is 11.0 Å². The Morgan fingerprint density at radius 3 is 2.49 bits per heavy atom. The van der Waals surface area contributed by atoms with Crippen molar-refractivity contribution in [3.8, 4) is 5.75 Å². The maximum absolute atomic E-state index is 13.6. The highest BCUT2D eigenvalue weighted by atomic mass is 32.2. The summed E-state index contributed by atoms with van der Waals surface area (Å²) in [6.45, 7) is 4.69. The van der Waals surface area contributed by atoms with E-state index in [1.807, 2.05) is 32.8 Å². The second kappa shape index (κ2) is 14.3. The highest BCUT2D eigenvalue weighted by Gasteiger charge is 2.43. The second-order valence-corrected chi connectivity index (χ2v) is 11.8. The van der Waals surface area contributed by atoms with E-state index in [9.17, 15) is 27.6 Å². The lowest BCUT2D eigenvalue weighted by atomic mass is 9.88. The van der Waals surface area contributed by atoms with Crippen LogP contribution in [-0.2, 0) is 9.53 Å². The van der Waals surface area contributed by atoms with Gasteiger partial charge in [-0.05, 0) is 64.3 Å². The van der Waals surface area contributed by atoms with Gasteiger partial charge in [0.25, 0.3) is 17.4 Å². The standard InChI is InChI=1S/C27H38F3N5O5S/c1-18(2)12-13-20(36)23-35(33-25(39-23)41-17-16-34(3)4)24(38)32-26(14-8-5-9-15-26)31-22(37)19-10-6-7-11-21(19)40-27(28,29)30/h6-7,10-11,18,23H,5,8-9,12-17H2,1-4H3,(H,31,37)(H,32,38). The number of nitrogens with one attached hydrogen (secondary N) is 2. The number of nitrogens with zero attached hydrogens (tertiary/aromatic N) is 3. The Balaban J connectivity index is 1.82. The largest absolute Gasteiger partial charge is 0.573 e. The minimum absolute atomic E-state index is 0.185. The molecule has 1 heterocycles. The maximum Gasteiger partial charge on any atom is 0.573 e. The van der Waals surface area contributed by atoms with Gasteiger partial charge in [0.2, 0.25) is 0 Å². The zero-order valence-electron chi connectivity index (χ0n) is 23.8. The third kappa shape index (κ3) is 9.80. The molecule has 3 rings (SSSR count). The smallest absolute Gasteiger partial charge is 0.438 e. The number of carbonyl (C=O) groups is 3. The predicted octanol–water partition coefficient (Wildman–Crippen LogP) is 4.91. The normalized spacial score (nSPS) is 18.6. The van der Waals surface area contributed by atoms with Crippen LogP contribution < -0.4 is 15.4 Å². The Hall–Kier alpha value is -3.00. The summed E-state index contributed by atoms with van der Waals surface area (Å²) in [7, 11) is 3.84. The van der Waals surface area contributed by atoms with Gasteiger partial charge in [0.15, 0.2) is 5.78 Å². The van der Waals surface area contributed by atoms with Crippen molar-refractivity contribution in [1.29, 1.82) is 0 Å². The highest BCUT2D eigenvalue weighted by molar-refractivity contribution is 8.13. The van der Waals surface area contributed by atoms with Gasteiger partial charge in [0.1, 0.15) is 11.4 Å². The van der Waals surface area contributed by atoms with Crippen LogP contribution in [0.2, 0.25) is 0 Å². The van der Waals surface area contributed by atoms with Crippen LogP contribution in [-0.4, -0.2) is 77.5 Å². The van der Waals surface area contributed by atoms with Crippen molar-refractivity contribution >= 4 is 34.7 Å². The van der Waals surface area contributed by atoms with Crippen LogP contribution in [0.1, 0.15) is 69.2 Å². The van der Waals surface area contributed by atoms with Gasteiger partial charge in [-0.1, -0.05) is 44.2 Å². The molecule has 2 N–H and O–H groups in total. The minimum atomic E-state index is -4.99. The van der Waals surface area contributed by atoms with Gasteiger partial charge >= 0.3 is 12.4 Å². The first-order valence-electron chi connectivity index (χ1n) is 13.6. The molecule has 0 spiro atoms. The molecule has 1 aromatic rings. The summed E-state index contributed by atoms with van der Waals surface area (Å²) in [6.07, 6.45) is -2.61. The van der Waals surface area contributed by atoms with Crippen molar-refractivity contribution in [3.63, 3.8) is 0 Å². The molecule has 0 bridgehead atoms. The molecule has 0 saturated heterocycles. The molecule has 14 heteroatoms. The maximum atomic E-state index is 13.6. The molecular formula is C27H38F3N5O5S. The molecule has 1 unspecified atom stereocenters. The van der Waals surface area contributed by atoms with Crippen LogP contribution in [0.15, 0.2) is 29.4 Å². The number of rotatable bonds is 11. The summed E-state index contributed by atoms with van der Waals surface area (Å²) in [4.78, 5) is 41.9. The lowest BCUT2D eigenvalue weighted by Gasteiger charge is -2.39. The number of alkyl halides is 3. The SMILES string of the molecule is CC(C)CCC(=O)C1OC(SCCN(C)C)=NN1C(=O)NC1(NC(=O)c2ccccc2OC(F)(F)F)CCCCC1. The van der Waals surface area contributed by atoms with Crippen LogP contribution in [0, 0.1) is 5.92 Å². The molecule has 1 aliphatic heterocycles. The average Bonchev–Trinajstić information content (AvgIpc) is 3.31. The minimum Gasteiger partial charge on any atom is -0.438 e. The first-order chi connectivity index (χ1) is 19.3. The van der Waals surface area contributed by atoms with E-state index < -0.39 is 35.9 Å². The number of amides is 3. The first kappa shape index (κ1) is 32.5. The first-order valence-corrected chi connectivity index (χ1v) is 14.6. The van der Waals surface area contributed by atoms with Crippen molar-refractivity contribution in [2.75, 3.05) is 26.4 Å². The number of hydrogen-bond acceptors (Lipinski definition) is 8. The van der Waals surface area contributed by atoms with Gasteiger partial charge < -0.3 is 25.0 Å². The summed E-state index contributed by atoms with van der Waals surface area (Å²) < 4.78 is 48.7. The number of ketones is 1. The molecule has 1 aliphatic carbocycles. The van der Waals surface area contributed by atoms with Gasteiger partial charge in [-0.15, -0.1) is 18.3 Å². The summed E-state index contributed by atoms with van der Waals surface area (Å²) in [5, 5.41) is 11.0. The van der Waals surface area contributed by atoms with E-state index in [2.05, 4.69) is 20.5 Å². The molecule has 1 atom stereocenters. The molecule has 41 heavy (non-hydrogen) atoms. The van der Waals surface area contributed by atoms with E-state index in [1.165, 1.54) is 30.0 Å². The van der Waals surface area contributed by atoms with E-state index in [-0.39, 0.29) is 28.9 Å². The number of carbonyl (C=O) groups excluding carboxylic acids is 3. The van der Waals surface area contributed by atoms with Crippen LogP contribution in [0.25, 0.3) is 0 Å². The van der Waals surface area contributed by atoms with E-state index in [4.69, 9.17) is 4.74 Å². The van der Waals surface area contributed by atoms with E-state index in [0.29, 0.717) is 37.9 Å². The van der Waals surface area contributed by atoms with Crippen molar-refractivity contribution in [3.05, 3.63) is 29.8 Å². The molecule has 3 amide bonds. The number of hydrazone groups is 1. The van der Waals surface area contributed by atoms with E-state index >= 15 is 0 Å². The molecule has 0 radical (unpaired) electrons. The van der Waals surface area contributed by atoms with Crippen LogP contribution in [0.5, 0.6) is 5.75 Å². The van der Waals surface area contributed by atoms with E-state index in [1.54, 1.807) is 0 Å². The van der Waals surface area contributed by atoms with Gasteiger partial charge in [0, 0.05) is 18.7 Å². The van der Waals surface area contributed by atoms with Gasteiger partial charge in [-0.3, -0.25) is 9.59 Å². The Kier molecular flexibility index (Phi) is 11.3. The zero-order valence-corrected chi connectivity index (χ0v) is 24.6. The molecule has 1 fully saturated rings. The van der Waals surface area contributed by atoms with Crippen LogP contribution in [0.3, 0.4) is 0 Å². The number of halogens is 3. The monoisotopic (exact) mass is 601 g/mol. The third-order valence-electron chi connectivity index (χ3n) is 6.60. The number of Topliss-reactive ketones (excluding diaryl/α,β-unsaturated/α-hetero) is 1. The molecule has 0 aromatic heterocycles. The molecule has 1 saturated carbocycles. The van der Waals surface area contributed by atoms with Crippen LogP contribution >= 0.6 is 11.8 Å². The van der Waals surface area contributed by atoms with Crippen LogP contribution in [0.4, 0.5) is 18.0 Å².